The van der Waals surface area contributed by atoms with Gasteiger partial charge in [-0.1, -0.05) is 62.6 Å². The minimum Gasteiger partial charge on any atom is -0.481 e. The molecule has 0 heterocycles. The van der Waals surface area contributed by atoms with E-state index in [1.807, 2.05) is 18.2 Å². The minimum atomic E-state index is -0.753. The molecule has 3 unspecified atom stereocenters. The summed E-state index contributed by atoms with van der Waals surface area (Å²) in [6.07, 6.45) is 12.8. The zero-order valence-electron chi connectivity index (χ0n) is 17.7. The van der Waals surface area contributed by atoms with E-state index in [0.717, 1.165) is 56.9 Å². The van der Waals surface area contributed by atoms with Gasteiger partial charge in [-0.05, 0) is 55.6 Å². The Morgan fingerprint density at radius 2 is 1.86 bits per heavy atom. The van der Waals surface area contributed by atoms with E-state index in [4.69, 9.17) is 5.11 Å². The van der Waals surface area contributed by atoms with Crippen molar-refractivity contribution in [2.24, 2.45) is 5.92 Å². The number of hydrogen-bond acceptors (Lipinski definition) is 3. The fourth-order valence-electron chi connectivity index (χ4n) is 4.27. The highest BCUT2D eigenvalue weighted by Gasteiger charge is 2.34. The number of benzene rings is 1. The van der Waals surface area contributed by atoms with E-state index in [2.05, 4.69) is 25.1 Å². The molecule has 2 rings (SSSR count). The van der Waals surface area contributed by atoms with Crippen LogP contribution in [0.2, 0.25) is 0 Å². The number of Topliss-reactive ketones (excluding diaryl/α,β-unsaturated/α-hetero) is 1. The minimum absolute atomic E-state index is 0.0685. The standard InChI is InChI=1S/C25H36O4/c1-2-3-7-11-23(26)20-15-13-19(14-16-20)21-17-18-24(27)22(21)10-8-5-4-6-9-12-25(28)29/h4-5,13-16,21-23,26H,2-3,6-12,17-18H2,1H3,(H,28,29)/b5-4-. The molecule has 1 fully saturated rings. The van der Waals surface area contributed by atoms with E-state index in [9.17, 15) is 14.7 Å². The second kappa shape index (κ2) is 12.6. The SMILES string of the molecule is CCCCCC(O)c1ccc(C2CCC(=O)C2CC/C=C\CCCC(=O)O)cc1. The summed E-state index contributed by atoms with van der Waals surface area (Å²) in [6.45, 7) is 2.16. The molecule has 0 amide bonds. The van der Waals surface area contributed by atoms with Gasteiger partial charge in [-0.2, -0.15) is 0 Å². The van der Waals surface area contributed by atoms with Crippen molar-refractivity contribution < 1.29 is 19.8 Å². The Morgan fingerprint density at radius 1 is 1.14 bits per heavy atom. The number of ketones is 1. The zero-order valence-corrected chi connectivity index (χ0v) is 17.7. The number of carbonyl (C=O) groups is 2. The van der Waals surface area contributed by atoms with Crippen molar-refractivity contribution in [1.29, 1.82) is 0 Å². The Labute approximate surface area is 175 Å². The molecule has 1 aliphatic carbocycles. The summed E-state index contributed by atoms with van der Waals surface area (Å²) in [5, 5.41) is 19.0. The molecule has 4 heteroatoms. The highest BCUT2D eigenvalue weighted by Crippen LogP contribution is 2.40. The number of aliphatic carboxylic acids is 1. The van der Waals surface area contributed by atoms with Crippen LogP contribution in [0.15, 0.2) is 36.4 Å². The summed E-state index contributed by atoms with van der Waals surface area (Å²) in [4.78, 5) is 22.9. The van der Waals surface area contributed by atoms with Crippen molar-refractivity contribution in [1.82, 2.24) is 0 Å². The van der Waals surface area contributed by atoms with Gasteiger partial charge in [0.05, 0.1) is 6.10 Å². The summed E-state index contributed by atoms with van der Waals surface area (Å²) in [6, 6.07) is 8.23. The predicted octanol–water partition coefficient (Wildman–Crippen LogP) is 5.95. The smallest absolute Gasteiger partial charge is 0.303 e. The molecule has 1 saturated carbocycles. The van der Waals surface area contributed by atoms with Gasteiger partial charge in [0.25, 0.3) is 0 Å². The molecule has 0 aliphatic heterocycles. The molecule has 4 nitrogen and oxygen atoms in total. The number of unbranched alkanes of at least 4 members (excludes halogenated alkanes) is 3. The van der Waals surface area contributed by atoms with E-state index in [1.54, 1.807) is 0 Å². The van der Waals surface area contributed by atoms with Crippen molar-refractivity contribution >= 4 is 11.8 Å². The first-order chi connectivity index (χ1) is 14.0. The number of carbonyl (C=O) groups excluding carboxylic acids is 1. The lowest BCUT2D eigenvalue weighted by Gasteiger charge is -2.19. The van der Waals surface area contributed by atoms with Crippen molar-refractivity contribution in [2.45, 2.75) is 89.6 Å². The van der Waals surface area contributed by atoms with Crippen LogP contribution in [-0.2, 0) is 9.59 Å². The predicted molar refractivity (Wildman–Crippen MR) is 116 cm³/mol. The van der Waals surface area contributed by atoms with Gasteiger partial charge in [0.2, 0.25) is 0 Å². The molecule has 1 aliphatic rings. The van der Waals surface area contributed by atoms with E-state index in [-0.39, 0.29) is 18.3 Å². The Hall–Kier alpha value is -1.94. The third-order valence-electron chi connectivity index (χ3n) is 6.00. The Morgan fingerprint density at radius 3 is 2.55 bits per heavy atom. The largest absolute Gasteiger partial charge is 0.481 e. The molecule has 29 heavy (non-hydrogen) atoms. The maximum atomic E-state index is 12.4. The first-order valence-corrected chi connectivity index (χ1v) is 11.2. The number of carboxylic acid groups (broad SMARTS) is 1. The van der Waals surface area contributed by atoms with Crippen LogP contribution in [0.5, 0.6) is 0 Å². The summed E-state index contributed by atoms with van der Waals surface area (Å²) in [5.74, 6) is -0.0524. The van der Waals surface area contributed by atoms with Crippen LogP contribution < -0.4 is 0 Å². The second-order valence-electron chi connectivity index (χ2n) is 8.23. The molecular weight excluding hydrogens is 364 g/mol. The summed E-state index contributed by atoms with van der Waals surface area (Å²) >= 11 is 0. The number of carboxylic acids is 1. The first-order valence-electron chi connectivity index (χ1n) is 11.2. The van der Waals surface area contributed by atoms with Gasteiger partial charge in [0.1, 0.15) is 5.78 Å². The number of hydrogen-bond donors (Lipinski definition) is 2. The number of aliphatic hydroxyl groups excluding tert-OH is 1. The summed E-state index contributed by atoms with van der Waals surface area (Å²) in [5.41, 5.74) is 2.17. The maximum Gasteiger partial charge on any atom is 0.303 e. The van der Waals surface area contributed by atoms with Gasteiger partial charge in [-0.3, -0.25) is 9.59 Å². The van der Waals surface area contributed by atoms with Crippen LogP contribution in [0.3, 0.4) is 0 Å². The lowest BCUT2D eigenvalue weighted by atomic mass is 9.85. The van der Waals surface area contributed by atoms with Crippen LogP contribution in [0, 0.1) is 5.92 Å². The third kappa shape index (κ3) is 7.77. The van der Waals surface area contributed by atoms with Crippen molar-refractivity contribution in [2.75, 3.05) is 0 Å². The average Bonchev–Trinajstić information content (AvgIpc) is 3.07. The van der Waals surface area contributed by atoms with Crippen molar-refractivity contribution in [3.05, 3.63) is 47.5 Å². The molecule has 0 saturated heterocycles. The van der Waals surface area contributed by atoms with Crippen LogP contribution in [-0.4, -0.2) is 22.0 Å². The molecule has 0 radical (unpaired) electrons. The number of rotatable bonds is 13. The van der Waals surface area contributed by atoms with E-state index < -0.39 is 12.1 Å². The molecule has 0 aromatic heterocycles. The van der Waals surface area contributed by atoms with Gasteiger partial charge < -0.3 is 10.2 Å². The normalized spacial score (nSPS) is 20.4. The van der Waals surface area contributed by atoms with Gasteiger partial charge in [-0.15, -0.1) is 0 Å². The molecule has 3 atom stereocenters. The first kappa shape index (κ1) is 23.3. The number of aliphatic hydroxyl groups is 1. The van der Waals surface area contributed by atoms with Crippen molar-refractivity contribution in [3.63, 3.8) is 0 Å². The molecule has 0 bridgehead atoms. The van der Waals surface area contributed by atoms with E-state index in [1.165, 1.54) is 5.56 Å². The fraction of sp³-hybridized carbons (Fsp3) is 0.600. The molecule has 1 aromatic carbocycles. The van der Waals surface area contributed by atoms with Gasteiger partial charge in [0.15, 0.2) is 0 Å². The van der Waals surface area contributed by atoms with Gasteiger partial charge in [0, 0.05) is 18.8 Å². The zero-order chi connectivity index (χ0) is 21.1. The summed E-state index contributed by atoms with van der Waals surface area (Å²) in [7, 11) is 0. The monoisotopic (exact) mass is 400 g/mol. The Balaban J connectivity index is 1.85. The highest BCUT2D eigenvalue weighted by atomic mass is 16.4. The topological polar surface area (TPSA) is 74.6 Å². The van der Waals surface area contributed by atoms with Crippen molar-refractivity contribution in [3.8, 4) is 0 Å². The molecular formula is C25H36O4. The summed E-state index contributed by atoms with van der Waals surface area (Å²) < 4.78 is 0. The second-order valence-corrected chi connectivity index (χ2v) is 8.23. The molecule has 0 spiro atoms. The molecule has 1 aromatic rings. The van der Waals surface area contributed by atoms with E-state index in [0.29, 0.717) is 18.6 Å². The fourth-order valence-corrected chi connectivity index (χ4v) is 4.27. The van der Waals surface area contributed by atoms with E-state index >= 15 is 0 Å². The molecule has 2 N–H and O–H groups in total. The quantitative estimate of drug-likeness (QED) is 0.317. The lowest BCUT2D eigenvalue weighted by Crippen LogP contribution is -2.13. The highest BCUT2D eigenvalue weighted by molar-refractivity contribution is 5.84. The third-order valence-corrected chi connectivity index (χ3v) is 6.00. The lowest BCUT2D eigenvalue weighted by molar-refractivity contribution is -0.137. The maximum absolute atomic E-state index is 12.4. The molecule has 160 valence electrons. The van der Waals surface area contributed by atoms with Crippen LogP contribution in [0.4, 0.5) is 0 Å². The van der Waals surface area contributed by atoms with Crippen LogP contribution in [0.1, 0.15) is 101 Å². The van der Waals surface area contributed by atoms with Crippen LogP contribution in [0.25, 0.3) is 0 Å². The average molecular weight is 401 g/mol. The number of allylic oxidation sites excluding steroid dienone is 2. The van der Waals surface area contributed by atoms with Gasteiger partial charge >= 0.3 is 5.97 Å². The Bertz CT molecular complexity index is 662. The van der Waals surface area contributed by atoms with Gasteiger partial charge in [-0.25, -0.2) is 0 Å². The van der Waals surface area contributed by atoms with Crippen LogP contribution >= 0.6 is 0 Å². The Kier molecular flexibility index (Phi) is 10.1.